The van der Waals surface area contributed by atoms with E-state index in [0.717, 1.165) is 16.7 Å². The first-order valence-electron chi connectivity index (χ1n) is 14.6. The second-order valence-electron chi connectivity index (χ2n) is 11.4. The third-order valence-electron chi connectivity index (χ3n) is 8.41. The zero-order chi connectivity index (χ0) is 31.6. The fraction of sp³-hybridized carbons (Fsp3) is 0.324. The molecular weight excluding hydrogens is 626 g/mol. The van der Waals surface area contributed by atoms with Gasteiger partial charge in [0.25, 0.3) is 11.8 Å². The van der Waals surface area contributed by atoms with Gasteiger partial charge in [0.2, 0.25) is 5.91 Å². The molecule has 3 amide bonds. The van der Waals surface area contributed by atoms with Crippen molar-refractivity contribution >= 4 is 45.0 Å². The van der Waals surface area contributed by atoms with Crippen LogP contribution < -0.4 is 10.2 Å². The van der Waals surface area contributed by atoms with E-state index in [4.69, 9.17) is 0 Å². The molecule has 0 radical (unpaired) electrons. The van der Waals surface area contributed by atoms with Gasteiger partial charge in [-0.05, 0) is 60.4 Å². The average molecular weight is 663 g/mol. The normalized spacial score (nSPS) is 20.8. The Morgan fingerprint density at radius 3 is 2.57 bits per heavy atom. The first-order valence-corrected chi connectivity index (χ1v) is 15.4. The summed E-state index contributed by atoms with van der Waals surface area (Å²) in [6.45, 7) is 3.55. The van der Waals surface area contributed by atoms with Crippen molar-refractivity contribution in [1.82, 2.24) is 4.90 Å². The van der Waals surface area contributed by atoms with Crippen LogP contribution in [0.5, 0.6) is 0 Å². The summed E-state index contributed by atoms with van der Waals surface area (Å²) in [7, 11) is 0. The zero-order valence-corrected chi connectivity index (χ0v) is 26.2. The van der Waals surface area contributed by atoms with Crippen LogP contribution in [0.2, 0.25) is 0 Å². The van der Waals surface area contributed by atoms with Crippen LogP contribution in [-0.4, -0.2) is 56.7 Å². The highest BCUT2D eigenvalue weighted by Crippen LogP contribution is 2.46. The number of hydrogen-bond donors (Lipinski definition) is 4. The molecule has 0 saturated carbocycles. The monoisotopic (exact) mass is 661 g/mol. The highest BCUT2D eigenvalue weighted by molar-refractivity contribution is 9.10. The summed E-state index contributed by atoms with van der Waals surface area (Å²) >= 11 is 3.47. The average Bonchev–Trinajstić information content (AvgIpc) is 3.22. The first-order chi connectivity index (χ1) is 21.0. The van der Waals surface area contributed by atoms with Crippen LogP contribution in [0.15, 0.2) is 83.4 Å². The number of aliphatic hydroxyl groups excluding tert-OH is 2. The lowest BCUT2D eigenvalue weighted by atomic mass is 9.83. The number of halogens is 1. The van der Waals surface area contributed by atoms with Crippen molar-refractivity contribution in [2.75, 3.05) is 16.8 Å². The van der Waals surface area contributed by atoms with E-state index < -0.39 is 29.4 Å². The van der Waals surface area contributed by atoms with Crippen LogP contribution in [0.3, 0.4) is 0 Å². The molecule has 4 atom stereocenters. The number of amides is 3. The summed E-state index contributed by atoms with van der Waals surface area (Å²) in [5.41, 5.74) is 2.52. The van der Waals surface area contributed by atoms with Gasteiger partial charge < -0.3 is 30.4 Å². The standard InChI is InChI=1S/C34H36BrN3O6/c1-21(7-5-12-31(41)37-19-25-10-4-3-9-24(25)16-28(37)20-39)34(44)29-17-26(35)13-14-30(29)38(33(34)43)18-23-8-6-11-27(15-23)36-32(42)22(2)40/h3-11,13-15,17,21-22,28,39-40,44H,12,16,18-20H2,1-2H3,(H,36,42)/b7-5+/t21-,22-,28-,34+/m0/s1. The number of aliphatic hydroxyl groups is 3. The lowest BCUT2D eigenvalue weighted by Crippen LogP contribution is -2.46. The number of fused-ring (bicyclic) bond motifs is 2. The number of carbonyl (C=O) groups is 3. The van der Waals surface area contributed by atoms with E-state index in [-0.39, 0.29) is 31.5 Å². The number of nitrogens with zero attached hydrogens (tertiary/aromatic N) is 2. The largest absolute Gasteiger partial charge is 0.394 e. The molecule has 0 aromatic heterocycles. The fourth-order valence-electron chi connectivity index (χ4n) is 5.92. The molecule has 0 saturated heterocycles. The second-order valence-corrected chi connectivity index (χ2v) is 12.4. The number of nitrogens with one attached hydrogen (secondary N) is 1. The lowest BCUT2D eigenvalue weighted by Gasteiger charge is -2.36. The first kappa shape index (κ1) is 31.6. The van der Waals surface area contributed by atoms with Gasteiger partial charge in [-0.2, -0.15) is 0 Å². The van der Waals surface area contributed by atoms with Gasteiger partial charge >= 0.3 is 0 Å². The zero-order valence-electron chi connectivity index (χ0n) is 24.6. The molecule has 4 N–H and O–H groups in total. The molecule has 0 aliphatic carbocycles. The number of hydrogen-bond acceptors (Lipinski definition) is 6. The van der Waals surface area contributed by atoms with Gasteiger partial charge in [-0.25, -0.2) is 0 Å². The van der Waals surface area contributed by atoms with Gasteiger partial charge in [0.15, 0.2) is 5.60 Å². The molecule has 3 aromatic rings. The summed E-state index contributed by atoms with van der Waals surface area (Å²) in [4.78, 5) is 42.4. The molecule has 2 heterocycles. The van der Waals surface area contributed by atoms with E-state index in [1.54, 1.807) is 60.4 Å². The van der Waals surface area contributed by atoms with Crippen molar-refractivity contribution in [3.63, 3.8) is 0 Å². The van der Waals surface area contributed by atoms with Crippen LogP contribution >= 0.6 is 15.9 Å². The number of benzene rings is 3. The molecule has 5 rings (SSSR count). The molecule has 2 aliphatic rings. The van der Waals surface area contributed by atoms with Gasteiger partial charge in [-0.15, -0.1) is 0 Å². The predicted octanol–water partition coefficient (Wildman–Crippen LogP) is 4.03. The Labute approximate surface area is 264 Å². The molecule has 230 valence electrons. The summed E-state index contributed by atoms with van der Waals surface area (Å²) in [5.74, 6) is -1.85. The maximum atomic E-state index is 14.0. The Morgan fingerprint density at radius 2 is 1.84 bits per heavy atom. The number of anilines is 2. The molecule has 2 aliphatic heterocycles. The van der Waals surface area contributed by atoms with Crippen LogP contribution in [0, 0.1) is 5.92 Å². The topological polar surface area (TPSA) is 130 Å². The highest BCUT2D eigenvalue weighted by Gasteiger charge is 2.52. The summed E-state index contributed by atoms with van der Waals surface area (Å²) in [5, 5.41) is 34.2. The van der Waals surface area contributed by atoms with Crippen LogP contribution in [0.1, 0.15) is 42.5 Å². The van der Waals surface area contributed by atoms with Crippen molar-refractivity contribution in [3.05, 3.63) is 106 Å². The van der Waals surface area contributed by atoms with Crippen LogP contribution in [0.25, 0.3) is 0 Å². The third kappa shape index (κ3) is 6.21. The maximum Gasteiger partial charge on any atom is 0.264 e. The Hall–Kier alpha value is -3.83. The molecule has 0 bridgehead atoms. The third-order valence-corrected chi connectivity index (χ3v) is 8.90. The predicted molar refractivity (Wildman–Crippen MR) is 170 cm³/mol. The smallest absolute Gasteiger partial charge is 0.264 e. The minimum Gasteiger partial charge on any atom is -0.394 e. The highest BCUT2D eigenvalue weighted by atomic mass is 79.9. The molecule has 10 heteroatoms. The lowest BCUT2D eigenvalue weighted by molar-refractivity contribution is -0.139. The SMILES string of the molecule is C[C@H](O)C(=O)Nc1cccc(CN2C(=O)[C@@](O)([C@@H](C)/C=C/CC(=O)N3Cc4ccccc4C[C@H]3CO)c3cc(Br)ccc32)c1. The maximum absolute atomic E-state index is 14.0. The van der Waals surface area contributed by atoms with Crippen molar-refractivity contribution in [3.8, 4) is 0 Å². The van der Waals surface area contributed by atoms with Gasteiger partial charge in [-0.3, -0.25) is 14.4 Å². The number of rotatable bonds is 9. The molecule has 9 nitrogen and oxygen atoms in total. The van der Waals surface area contributed by atoms with E-state index in [2.05, 4.69) is 21.2 Å². The summed E-state index contributed by atoms with van der Waals surface area (Å²) in [6, 6.07) is 19.9. The molecule has 0 fully saturated rings. The minimum atomic E-state index is -1.88. The van der Waals surface area contributed by atoms with Crippen LogP contribution in [0.4, 0.5) is 11.4 Å². The van der Waals surface area contributed by atoms with Gasteiger partial charge in [0, 0.05) is 34.6 Å². The second kappa shape index (κ2) is 13.0. The molecule has 0 unspecified atom stereocenters. The number of carbonyl (C=O) groups excluding carboxylic acids is 3. The van der Waals surface area contributed by atoms with E-state index in [9.17, 15) is 29.7 Å². The van der Waals surface area contributed by atoms with Crippen molar-refractivity contribution in [1.29, 1.82) is 0 Å². The van der Waals surface area contributed by atoms with E-state index in [0.29, 0.717) is 34.4 Å². The summed E-state index contributed by atoms with van der Waals surface area (Å²) < 4.78 is 0.707. The van der Waals surface area contributed by atoms with Crippen molar-refractivity contribution in [2.24, 2.45) is 5.92 Å². The molecular formula is C34H36BrN3O6. The molecule has 3 aromatic carbocycles. The van der Waals surface area contributed by atoms with Crippen molar-refractivity contribution < 1.29 is 29.7 Å². The summed E-state index contributed by atoms with van der Waals surface area (Å²) in [6.07, 6.45) is 2.86. The Bertz CT molecular complexity index is 1610. The Kier molecular flexibility index (Phi) is 9.36. The van der Waals surface area contributed by atoms with E-state index in [1.807, 2.05) is 30.3 Å². The Balaban J connectivity index is 1.33. The van der Waals surface area contributed by atoms with Crippen molar-refractivity contribution in [2.45, 2.75) is 57.5 Å². The quantitative estimate of drug-likeness (QED) is 0.256. The van der Waals surface area contributed by atoms with Gasteiger partial charge in [0.05, 0.1) is 24.9 Å². The molecule has 44 heavy (non-hydrogen) atoms. The van der Waals surface area contributed by atoms with Gasteiger partial charge in [-0.1, -0.05) is 71.4 Å². The fourth-order valence-corrected chi connectivity index (χ4v) is 6.29. The van der Waals surface area contributed by atoms with Crippen LogP contribution in [-0.2, 0) is 39.5 Å². The van der Waals surface area contributed by atoms with E-state index >= 15 is 0 Å². The Morgan fingerprint density at radius 1 is 1.09 bits per heavy atom. The van der Waals surface area contributed by atoms with Gasteiger partial charge in [0.1, 0.15) is 6.10 Å². The van der Waals surface area contributed by atoms with E-state index in [1.165, 1.54) is 11.8 Å². The minimum absolute atomic E-state index is 0.0628. The molecule has 0 spiro atoms.